The van der Waals surface area contributed by atoms with Gasteiger partial charge in [-0.25, -0.2) is 14.8 Å². The minimum Gasteiger partial charge on any atom is -0.478 e. The monoisotopic (exact) mass is 302 g/mol. The number of aryl methyl sites for hydroxylation is 1. The van der Waals surface area contributed by atoms with Gasteiger partial charge in [-0.2, -0.15) is 0 Å². The predicted octanol–water partition coefficient (Wildman–Crippen LogP) is 3.85. The first-order valence-corrected chi connectivity index (χ1v) is 7.50. The molecule has 0 radical (unpaired) electrons. The molecular weight excluding hydrogens is 292 g/mol. The number of carbonyl (C=O) groups is 1. The summed E-state index contributed by atoms with van der Waals surface area (Å²) in [4.78, 5) is 22.5. The molecule has 3 aromatic rings. The van der Waals surface area contributed by atoms with E-state index in [0.29, 0.717) is 4.90 Å². The van der Waals surface area contributed by atoms with Gasteiger partial charge in [0.05, 0.1) is 5.56 Å². The van der Waals surface area contributed by atoms with Crippen molar-refractivity contribution >= 4 is 39.3 Å². The molecule has 0 aliphatic rings. The zero-order chi connectivity index (χ0) is 14.1. The molecule has 100 valence electrons. The van der Waals surface area contributed by atoms with Crippen LogP contribution >= 0.6 is 23.1 Å². The number of hydrogen-bond acceptors (Lipinski definition) is 5. The Morgan fingerprint density at radius 3 is 2.90 bits per heavy atom. The second-order valence-corrected chi connectivity index (χ2v) is 6.42. The highest BCUT2D eigenvalue weighted by atomic mass is 32.2. The summed E-state index contributed by atoms with van der Waals surface area (Å²) in [5.74, 6) is -0.931. The van der Waals surface area contributed by atoms with Crippen molar-refractivity contribution in [1.29, 1.82) is 0 Å². The van der Waals surface area contributed by atoms with E-state index in [0.717, 1.165) is 20.1 Å². The van der Waals surface area contributed by atoms with Gasteiger partial charge in [0.1, 0.15) is 16.2 Å². The highest BCUT2D eigenvalue weighted by Gasteiger charge is 2.13. The Kier molecular flexibility index (Phi) is 3.42. The lowest BCUT2D eigenvalue weighted by Gasteiger charge is -2.05. The van der Waals surface area contributed by atoms with Crippen LogP contribution in [0.25, 0.3) is 10.2 Å². The number of carboxylic acids is 1. The molecule has 0 atom stereocenters. The molecule has 0 fully saturated rings. The fraction of sp³-hybridized carbons (Fsp3) is 0.0714. The summed E-state index contributed by atoms with van der Waals surface area (Å²) in [6.45, 7) is 2.02. The topological polar surface area (TPSA) is 63.1 Å². The Bertz CT molecular complexity index is 799. The van der Waals surface area contributed by atoms with Crippen LogP contribution in [-0.4, -0.2) is 21.0 Å². The number of carboxylic acid groups (broad SMARTS) is 1. The summed E-state index contributed by atoms with van der Waals surface area (Å²) in [6.07, 6.45) is 1.52. The van der Waals surface area contributed by atoms with Crippen LogP contribution in [-0.2, 0) is 0 Å². The largest absolute Gasteiger partial charge is 0.478 e. The quantitative estimate of drug-likeness (QED) is 0.745. The van der Waals surface area contributed by atoms with Crippen molar-refractivity contribution in [1.82, 2.24) is 9.97 Å². The minimum absolute atomic E-state index is 0.288. The van der Waals surface area contributed by atoms with Crippen molar-refractivity contribution in [2.24, 2.45) is 0 Å². The molecular formula is C14H10N2O2S2. The van der Waals surface area contributed by atoms with Gasteiger partial charge in [0.25, 0.3) is 0 Å². The number of fused-ring (bicyclic) bond motifs is 1. The number of thiophene rings is 1. The van der Waals surface area contributed by atoms with E-state index in [-0.39, 0.29) is 5.56 Å². The molecule has 0 saturated carbocycles. The van der Waals surface area contributed by atoms with Crippen molar-refractivity contribution in [3.63, 3.8) is 0 Å². The van der Waals surface area contributed by atoms with Crippen LogP contribution in [0.1, 0.15) is 15.2 Å². The van der Waals surface area contributed by atoms with E-state index in [1.807, 2.05) is 19.1 Å². The molecule has 3 rings (SSSR count). The van der Waals surface area contributed by atoms with Gasteiger partial charge in [-0.05, 0) is 25.1 Å². The first-order valence-electron chi connectivity index (χ1n) is 5.86. The van der Waals surface area contributed by atoms with Crippen LogP contribution in [0.15, 0.2) is 46.6 Å². The Balaban J connectivity index is 2.08. The SMILES string of the molecule is Cc1cc2c(Sc3ccccc3C(=O)O)ncnc2s1. The normalized spacial score (nSPS) is 10.8. The third-order valence-electron chi connectivity index (χ3n) is 2.74. The third-order valence-corrected chi connectivity index (χ3v) is 4.79. The van der Waals surface area contributed by atoms with Crippen LogP contribution < -0.4 is 0 Å². The van der Waals surface area contributed by atoms with Gasteiger partial charge in [-0.15, -0.1) is 11.3 Å². The van der Waals surface area contributed by atoms with Crippen molar-refractivity contribution in [3.05, 3.63) is 47.1 Å². The van der Waals surface area contributed by atoms with E-state index in [1.165, 1.54) is 18.1 Å². The van der Waals surface area contributed by atoms with E-state index in [1.54, 1.807) is 29.5 Å². The zero-order valence-corrected chi connectivity index (χ0v) is 12.2. The standard InChI is InChI=1S/C14H10N2O2S2/c1-8-6-10-12(19-8)15-7-16-13(10)20-11-5-3-2-4-9(11)14(17)18/h2-7H,1H3,(H,17,18). The summed E-state index contributed by atoms with van der Waals surface area (Å²) >= 11 is 2.97. The molecule has 0 aliphatic carbocycles. The molecule has 2 aromatic heterocycles. The van der Waals surface area contributed by atoms with Gasteiger partial charge < -0.3 is 5.11 Å². The van der Waals surface area contributed by atoms with Crippen molar-refractivity contribution < 1.29 is 9.90 Å². The number of rotatable bonds is 3. The maximum absolute atomic E-state index is 11.2. The highest BCUT2D eigenvalue weighted by molar-refractivity contribution is 7.99. The molecule has 0 unspecified atom stereocenters. The average molecular weight is 302 g/mol. The first kappa shape index (κ1) is 13.1. The van der Waals surface area contributed by atoms with Crippen LogP contribution in [0.4, 0.5) is 0 Å². The summed E-state index contributed by atoms with van der Waals surface area (Å²) in [5, 5.41) is 11.0. The average Bonchev–Trinajstić information content (AvgIpc) is 2.80. The predicted molar refractivity (Wildman–Crippen MR) is 79.7 cm³/mol. The van der Waals surface area contributed by atoms with Crippen molar-refractivity contribution in [2.45, 2.75) is 16.8 Å². The molecule has 0 aliphatic heterocycles. The van der Waals surface area contributed by atoms with Crippen LogP contribution in [0.2, 0.25) is 0 Å². The zero-order valence-electron chi connectivity index (χ0n) is 10.5. The second-order valence-electron chi connectivity index (χ2n) is 4.16. The maximum Gasteiger partial charge on any atom is 0.336 e. The number of aromatic carboxylic acids is 1. The van der Waals surface area contributed by atoms with Crippen molar-refractivity contribution in [3.8, 4) is 0 Å². The first-order chi connectivity index (χ1) is 9.65. The molecule has 0 amide bonds. The number of benzene rings is 1. The lowest BCUT2D eigenvalue weighted by molar-refractivity contribution is 0.0693. The Morgan fingerprint density at radius 1 is 1.30 bits per heavy atom. The molecule has 6 heteroatoms. The number of hydrogen-bond donors (Lipinski definition) is 1. The highest BCUT2D eigenvalue weighted by Crippen LogP contribution is 2.35. The van der Waals surface area contributed by atoms with Crippen LogP contribution in [0, 0.1) is 6.92 Å². The van der Waals surface area contributed by atoms with E-state index in [2.05, 4.69) is 9.97 Å². The summed E-state index contributed by atoms with van der Waals surface area (Å²) < 4.78 is 0. The molecule has 1 N–H and O–H groups in total. The van der Waals surface area contributed by atoms with E-state index >= 15 is 0 Å². The lowest BCUT2D eigenvalue weighted by Crippen LogP contribution is -1.98. The smallest absolute Gasteiger partial charge is 0.336 e. The molecule has 2 heterocycles. The van der Waals surface area contributed by atoms with Gasteiger partial charge in [-0.1, -0.05) is 23.9 Å². The molecule has 0 spiro atoms. The van der Waals surface area contributed by atoms with Gasteiger partial charge in [0, 0.05) is 15.2 Å². The summed E-state index contributed by atoms with van der Waals surface area (Å²) in [5.41, 5.74) is 0.288. The molecule has 0 bridgehead atoms. The van der Waals surface area contributed by atoms with Crippen LogP contribution in [0.3, 0.4) is 0 Å². The van der Waals surface area contributed by atoms with Gasteiger partial charge >= 0.3 is 5.97 Å². The Hall–Kier alpha value is -1.92. The fourth-order valence-corrected chi connectivity index (χ4v) is 3.77. The summed E-state index contributed by atoms with van der Waals surface area (Å²) in [7, 11) is 0. The minimum atomic E-state index is -0.931. The van der Waals surface area contributed by atoms with E-state index < -0.39 is 5.97 Å². The van der Waals surface area contributed by atoms with Gasteiger partial charge in [0.2, 0.25) is 0 Å². The lowest BCUT2D eigenvalue weighted by atomic mass is 10.2. The maximum atomic E-state index is 11.2. The van der Waals surface area contributed by atoms with Gasteiger partial charge in [-0.3, -0.25) is 0 Å². The number of aromatic nitrogens is 2. The molecule has 20 heavy (non-hydrogen) atoms. The number of nitrogens with zero attached hydrogens (tertiary/aromatic N) is 2. The van der Waals surface area contributed by atoms with Gasteiger partial charge in [0.15, 0.2) is 0 Å². The van der Waals surface area contributed by atoms with E-state index in [9.17, 15) is 9.90 Å². The summed E-state index contributed by atoms with van der Waals surface area (Å²) in [6, 6.07) is 8.97. The van der Waals surface area contributed by atoms with Crippen molar-refractivity contribution in [2.75, 3.05) is 0 Å². The second kappa shape index (κ2) is 5.22. The van der Waals surface area contributed by atoms with E-state index in [4.69, 9.17) is 0 Å². The molecule has 4 nitrogen and oxygen atoms in total. The Labute approximate surface area is 123 Å². The Morgan fingerprint density at radius 2 is 2.10 bits per heavy atom. The fourth-order valence-electron chi connectivity index (χ4n) is 1.87. The van der Waals surface area contributed by atoms with Crippen LogP contribution in [0.5, 0.6) is 0 Å². The third kappa shape index (κ3) is 2.39. The molecule has 0 saturated heterocycles. The molecule has 1 aromatic carbocycles.